The number of anilines is 1. The van der Waals surface area contributed by atoms with Gasteiger partial charge in [0.1, 0.15) is 5.75 Å². The molecule has 1 saturated heterocycles. The number of hydrogen-bond donors (Lipinski definition) is 2. The van der Waals surface area contributed by atoms with Gasteiger partial charge in [0.25, 0.3) is 0 Å². The van der Waals surface area contributed by atoms with Gasteiger partial charge in [0.05, 0.1) is 24.4 Å². The van der Waals surface area contributed by atoms with Gasteiger partial charge in [-0.15, -0.1) is 0 Å². The third kappa shape index (κ3) is 4.26. The molecule has 31 heavy (non-hydrogen) atoms. The Bertz CT molecular complexity index is 1110. The molecule has 2 N–H and O–H groups in total. The predicted molar refractivity (Wildman–Crippen MR) is 117 cm³/mol. The zero-order valence-electron chi connectivity index (χ0n) is 17.8. The highest BCUT2D eigenvalue weighted by atomic mass is 16.5. The molecule has 2 aliphatic rings. The number of amides is 1. The van der Waals surface area contributed by atoms with Crippen LogP contribution in [0.5, 0.6) is 5.75 Å². The largest absolute Gasteiger partial charge is 0.491 e. The Balaban J connectivity index is 1.39. The summed E-state index contributed by atoms with van der Waals surface area (Å²) in [5.41, 5.74) is 3.83. The normalized spacial score (nSPS) is 20.8. The number of nitrogens with zero attached hydrogens (tertiary/aromatic N) is 3. The van der Waals surface area contributed by atoms with Gasteiger partial charge in [0, 0.05) is 55.6 Å². The molecule has 0 spiro atoms. The summed E-state index contributed by atoms with van der Waals surface area (Å²) in [5, 5.41) is 10.7. The van der Waals surface area contributed by atoms with Crippen molar-refractivity contribution in [3.63, 3.8) is 0 Å². The lowest BCUT2D eigenvalue weighted by molar-refractivity contribution is -0.117. The van der Waals surface area contributed by atoms with Crippen LogP contribution in [-0.2, 0) is 9.53 Å². The van der Waals surface area contributed by atoms with E-state index in [-0.39, 0.29) is 17.9 Å². The number of pyridine rings is 2. The van der Waals surface area contributed by atoms with Gasteiger partial charge < -0.3 is 20.1 Å². The van der Waals surface area contributed by atoms with E-state index in [1.807, 2.05) is 31.3 Å². The minimum atomic E-state index is 0.0554. The van der Waals surface area contributed by atoms with Crippen molar-refractivity contribution >= 4 is 17.2 Å². The van der Waals surface area contributed by atoms with Gasteiger partial charge in [-0.05, 0) is 43.5 Å². The number of aromatic nitrogens is 3. The number of methoxy groups -OCH3 is 1. The van der Waals surface area contributed by atoms with Crippen LogP contribution in [0.15, 0.2) is 36.7 Å². The first-order chi connectivity index (χ1) is 15.1. The minimum Gasteiger partial charge on any atom is -0.491 e. The fraction of sp³-hybridized carbons (Fsp3) is 0.435. The third-order valence-electron chi connectivity index (χ3n) is 6.01. The molecule has 8 heteroatoms. The van der Waals surface area contributed by atoms with Crippen molar-refractivity contribution in [1.82, 2.24) is 19.9 Å². The third-order valence-corrected chi connectivity index (χ3v) is 6.01. The first-order valence-electron chi connectivity index (χ1n) is 10.7. The number of carbonyl (C=O) groups excluding carboxylic acids is 1. The van der Waals surface area contributed by atoms with E-state index in [1.165, 1.54) is 0 Å². The molecule has 3 aromatic rings. The summed E-state index contributed by atoms with van der Waals surface area (Å²) in [6, 6.07) is 7.99. The summed E-state index contributed by atoms with van der Waals surface area (Å²) >= 11 is 0. The molecular weight excluding hydrogens is 394 g/mol. The number of carbonyl (C=O) groups is 1. The highest BCUT2D eigenvalue weighted by Crippen LogP contribution is 2.33. The molecule has 1 aliphatic heterocycles. The van der Waals surface area contributed by atoms with Gasteiger partial charge in [-0.25, -0.2) is 4.52 Å². The fourth-order valence-electron chi connectivity index (χ4n) is 4.03. The van der Waals surface area contributed by atoms with Gasteiger partial charge >= 0.3 is 0 Å². The second-order valence-corrected chi connectivity index (χ2v) is 8.40. The van der Waals surface area contributed by atoms with E-state index in [9.17, 15) is 4.79 Å². The van der Waals surface area contributed by atoms with Crippen molar-refractivity contribution in [2.45, 2.75) is 25.9 Å². The number of fused-ring (bicyclic) bond motifs is 1. The smallest absolute Gasteiger partial charge is 0.228 e. The number of ether oxygens (including phenoxy) is 2. The van der Waals surface area contributed by atoms with Gasteiger partial charge in [0.15, 0.2) is 5.82 Å². The molecule has 0 radical (unpaired) electrons. The Hall–Kier alpha value is -2.97. The Labute approximate surface area is 181 Å². The van der Waals surface area contributed by atoms with E-state index in [2.05, 4.69) is 26.8 Å². The Morgan fingerprint density at radius 1 is 1.29 bits per heavy atom. The number of rotatable bonds is 7. The second-order valence-electron chi connectivity index (χ2n) is 8.40. The number of hydrogen-bond acceptors (Lipinski definition) is 6. The van der Waals surface area contributed by atoms with E-state index in [0.717, 1.165) is 54.0 Å². The molecule has 1 amide bonds. The van der Waals surface area contributed by atoms with Gasteiger partial charge in [-0.2, -0.15) is 5.10 Å². The van der Waals surface area contributed by atoms with Crippen LogP contribution in [0.4, 0.5) is 5.82 Å². The van der Waals surface area contributed by atoms with Crippen LogP contribution in [0.25, 0.3) is 16.6 Å². The highest BCUT2D eigenvalue weighted by molar-refractivity contribution is 5.93. The average Bonchev–Trinajstić information content (AvgIpc) is 3.40. The molecule has 3 aromatic heterocycles. The van der Waals surface area contributed by atoms with E-state index in [1.54, 1.807) is 17.8 Å². The summed E-state index contributed by atoms with van der Waals surface area (Å²) < 4.78 is 13.5. The molecule has 2 unspecified atom stereocenters. The summed E-state index contributed by atoms with van der Waals surface area (Å²) in [6.45, 7) is 4.26. The summed E-state index contributed by atoms with van der Waals surface area (Å²) in [7, 11) is 1.74. The van der Waals surface area contributed by atoms with Crippen molar-refractivity contribution < 1.29 is 14.3 Å². The predicted octanol–water partition coefficient (Wildman–Crippen LogP) is 2.67. The maximum Gasteiger partial charge on any atom is 0.228 e. The van der Waals surface area contributed by atoms with E-state index < -0.39 is 0 Å². The summed E-state index contributed by atoms with van der Waals surface area (Å²) in [5.74, 6) is 1.83. The maximum atomic E-state index is 12.1. The quantitative estimate of drug-likeness (QED) is 0.610. The van der Waals surface area contributed by atoms with Gasteiger partial charge in [0.2, 0.25) is 5.91 Å². The Morgan fingerprint density at radius 3 is 2.97 bits per heavy atom. The van der Waals surface area contributed by atoms with Crippen LogP contribution in [0.3, 0.4) is 0 Å². The summed E-state index contributed by atoms with van der Waals surface area (Å²) in [6.07, 6.45) is 5.79. The van der Waals surface area contributed by atoms with Crippen LogP contribution < -0.4 is 15.4 Å². The van der Waals surface area contributed by atoms with Crippen LogP contribution in [0.1, 0.15) is 18.5 Å². The zero-order chi connectivity index (χ0) is 21.4. The van der Waals surface area contributed by atoms with Crippen LogP contribution in [0, 0.1) is 18.8 Å². The van der Waals surface area contributed by atoms with Crippen molar-refractivity contribution in [2.24, 2.45) is 11.8 Å². The lowest BCUT2D eigenvalue weighted by atomic mass is 10.1. The molecule has 0 aromatic carbocycles. The van der Waals surface area contributed by atoms with Crippen LogP contribution >= 0.6 is 0 Å². The van der Waals surface area contributed by atoms with Gasteiger partial charge in [-0.3, -0.25) is 9.78 Å². The molecule has 1 aliphatic carbocycles. The second kappa shape index (κ2) is 8.28. The number of aryl methyl sites for hydroxylation is 1. The molecule has 0 bridgehead atoms. The Kier molecular flexibility index (Phi) is 5.33. The lowest BCUT2D eigenvalue weighted by Crippen LogP contribution is -2.26. The van der Waals surface area contributed by atoms with E-state index in [0.29, 0.717) is 18.3 Å². The minimum absolute atomic E-state index is 0.0554. The molecule has 1 saturated carbocycles. The topological polar surface area (TPSA) is 89.8 Å². The lowest BCUT2D eigenvalue weighted by Gasteiger charge is -2.19. The molecule has 2 fully saturated rings. The summed E-state index contributed by atoms with van der Waals surface area (Å²) in [4.78, 5) is 16.5. The molecule has 4 heterocycles. The monoisotopic (exact) mass is 421 g/mol. The fourth-order valence-corrected chi connectivity index (χ4v) is 4.03. The SMILES string of the molecule is COC1CNCC1COc1cnc(C)cc1-c1ccn2nc(NC(=O)C3CC3)cc2c1. The van der Waals surface area contributed by atoms with Crippen LogP contribution in [0.2, 0.25) is 0 Å². The van der Waals surface area contributed by atoms with Crippen molar-refractivity contribution in [3.8, 4) is 16.9 Å². The Morgan fingerprint density at radius 2 is 2.16 bits per heavy atom. The van der Waals surface area contributed by atoms with Crippen molar-refractivity contribution in [2.75, 3.05) is 32.1 Å². The van der Waals surface area contributed by atoms with Crippen LogP contribution in [-0.4, -0.2) is 53.4 Å². The molecule has 2 atom stereocenters. The molecule has 8 nitrogen and oxygen atoms in total. The zero-order valence-corrected chi connectivity index (χ0v) is 17.8. The van der Waals surface area contributed by atoms with Gasteiger partial charge in [-0.1, -0.05) is 0 Å². The number of nitrogens with one attached hydrogen (secondary N) is 2. The molecule has 162 valence electrons. The average molecular weight is 422 g/mol. The standard InChI is InChI=1S/C23H27N5O3/c1-14-7-19(21(12-25-14)31-13-17-10-24-11-20(17)30-2)16-5-6-28-18(8-16)9-22(27-28)26-23(29)15-3-4-15/h5-9,12,15,17,20,24H,3-4,10-11,13H2,1-2H3,(H,26,27,29). The van der Waals surface area contributed by atoms with E-state index >= 15 is 0 Å². The van der Waals surface area contributed by atoms with Crippen molar-refractivity contribution in [1.29, 1.82) is 0 Å². The van der Waals surface area contributed by atoms with E-state index in [4.69, 9.17) is 9.47 Å². The maximum absolute atomic E-state index is 12.1. The highest BCUT2D eigenvalue weighted by Gasteiger charge is 2.30. The first-order valence-corrected chi connectivity index (χ1v) is 10.7. The molecule has 5 rings (SSSR count). The van der Waals surface area contributed by atoms with Crippen molar-refractivity contribution in [3.05, 3.63) is 42.4 Å². The molecular formula is C23H27N5O3. The first kappa shape index (κ1) is 20.0.